The highest BCUT2D eigenvalue weighted by Crippen LogP contribution is 2.30. The van der Waals surface area contributed by atoms with Gasteiger partial charge < -0.3 is 19.2 Å². The van der Waals surface area contributed by atoms with Gasteiger partial charge >= 0.3 is 0 Å². The summed E-state index contributed by atoms with van der Waals surface area (Å²) >= 11 is 0. The van der Waals surface area contributed by atoms with Crippen LogP contribution < -0.4 is 14.8 Å². The summed E-state index contributed by atoms with van der Waals surface area (Å²) in [6.45, 7) is 8.86. The average Bonchev–Trinajstić information content (AvgIpc) is 2.95. The van der Waals surface area contributed by atoms with Crippen molar-refractivity contribution >= 4 is 17.2 Å². The lowest BCUT2D eigenvalue weighted by molar-refractivity contribution is -0.115. The van der Waals surface area contributed by atoms with E-state index in [9.17, 15) is 4.79 Å². The lowest BCUT2D eigenvalue weighted by Crippen LogP contribution is -2.16. The maximum atomic E-state index is 12.6. The van der Waals surface area contributed by atoms with Gasteiger partial charge in [0.2, 0.25) is 5.91 Å². The standard InChI is InChI=1S/C21H25N3O3/c1-5-26-18-10-9-16(12-19(18)27-6-2)23-20(25)13-17-15(4)22-21-14(3)8-7-11-24(17)21/h7-12H,5-6,13H2,1-4H3,(H,23,25). The number of anilines is 1. The quantitative estimate of drug-likeness (QED) is 0.687. The Bertz CT molecular complexity index is 963. The third kappa shape index (κ3) is 4.05. The normalized spacial score (nSPS) is 10.8. The van der Waals surface area contributed by atoms with Gasteiger partial charge in [0.1, 0.15) is 5.65 Å². The summed E-state index contributed by atoms with van der Waals surface area (Å²) in [5, 5.41) is 2.94. The van der Waals surface area contributed by atoms with Crippen LogP contribution in [0.2, 0.25) is 0 Å². The van der Waals surface area contributed by atoms with E-state index < -0.39 is 0 Å². The number of carbonyl (C=O) groups excluding carboxylic acids is 1. The molecule has 3 aromatic rings. The Morgan fingerprint density at radius 1 is 1.11 bits per heavy atom. The Labute approximate surface area is 159 Å². The smallest absolute Gasteiger partial charge is 0.230 e. The van der Waals surface area contributed by atoms with Crippen LogP contribution in [0.3, 0.4) is 0 Å². The number of nitrogens with zero attached hydrogens (tertiary/aromatic N) is 2. The third-order valence-corrected chi connectivity index (χ3v) is 4.30. The van der Waals surface area contributed by atoms with E-state index in [4.69, 9.17) is 9.47 Å². The lowest BCUT2D eigenvalue weighted by atomic mass is 10.2. The zero-order chi connectivity index (χ0) is 19.4. The topological polar surface area (TPSA) is 64.9 Å². The first-order valence-electron chi connectivity index (χ1n) is 9.16. The van der Waals surface area contributed by atoms with E-state index in [0.717, 1.165) is 22.6 Å². The zero-order valence-corrected chi connectivity index (χ0v) is 16.2. The Balaban J connectivity index is 1.79. The number of aryl methyl sites for hydroxylation is 2. The number of benzene rings is 1. The molecule has 3 rings (SSSR count). The molecule has 142 valence electrons. The molecule has 0 radical (unpaired) electrons. The Hall–Kier alpha value is -3.02. The molecule has 0 atom stereocenters. The summed E-state index contributed by atoms with van der Waals surface area (Å²) in [5.41, 5.74) is 4.40. The molecule has 6 heteroatoms. The number of imidazole rings is 1. The fourth-order valence-corrected chi connectivity index (χ4v) is 3.07. The van der Waals surface area contributed by atoms with Gasteiger partial charge in [-0.2, -0.15) is 0 Å². The molecule has 0 aliphatic carbocycles. The van der Waals surface area contributed by atoms with E-state index in [1.165, 1.54) is 0 Å². The molecule has 1 amide bonds. The molecule has 0 saturated carbocycles. The molecular weight excluding hydrogens is 342 g/mol. The first-order chi connectivity index (χ1) is 13.0. The summed E-state index contributed by atoms with van der Waals surface area (Å²) < 4.78 is 13.2. The monoisotopic (exact) mass is 367 g/mol. The van der Waals surface area contributed by atoms with Crippen LogP contribution in [0.15, 0.2) is 36.5 Å². The minimum atomic E-state index is -0.104. The number of aromatic nitrogens is 2. The first kappa shape index (κ1) is 18.8. The number of carbonyl (C=O) groups is 1. The molecule has 1 N–H and O–H groups in total. The SMILES string of the molecule is CCOc1ccc(NC(=O)Cc2c(C)nc3c(C)cccn23)cc1OCC. The van der Waals surface area contributed by atoms with Gasteiger partial charge in [0.05, 0.1) is 31.0 Å². The van der Waals surface area contributed by atoms with E-state index in [-0.39, 0.29) is 12.3 Å². The number of pyridine rings is 1. The summed E-state index contributed by atoms with van der Waals surface area (Å²) in [4.78, 5) is 17.2. The van der Waals surface area contributed by atoms with E-state index in [1.807, 2.05) is 62.6 Å². The van der Waals surface area contributed by atoms with Gasteiger partial charge in [0, 0.05) is 18.0 Å². The minimum Gasteiger partial charge on any atom is -0.490 e. The Kier molecular flexibility index (Phi) is 5.64. The highest BCUT2D eigenvalue weighted by molar-refractivity contribution is 5.92. The second-order valence-corrected chi connectivity index (χ2v) is 6.28. The fraction of sp³-hybridized carbons (Fsp3) is 0.333. The maximum Gasteiger partial charge on any atom is 0.230 e. The first-order valence-corrected chi connectivity index (χ1v) is 9.16. The minimum absolute atomic E-state index is 0.104. The van der Waals surface area contributed by atoms with Gasteiger partial charge in [-0.25, -0.2) is 4.98 Å². The molecule has 0 unspecified atom stereocenters. The summed E-state index contributed by atoms with van der Waals surface area (Å²) in [5.74, 6) is 1.19. The molecule has 6 nitrogen and oxygen atoms in total. The molecule has 0 spiro atoms. The number of hydrogen-bond acceptors (Lipinski definition) is 4. The molecule has 0 saturated heterocycles. The van der Waals surface area contributed by atoms with E-state index in [2.05, 4.69) is 10.3 Å². The number of ether oxygens (including phenoxy) is 2. The zero-order valence-electron chi connectivity index (χ0n) is 16.2. The summed E-state index contributed by atoms with van der Waals surface area (Å²) in [6, 6.07) is 9.40. The van der Waals surface area contributed by atoms with Crippen molar-refractivity contribution in [3.05, 3.63) is 53.5 Å². The molecule has 2 heterocycles. The number of fused-ring (bicyclic) bond motifs is 1. The predicted octanol–water partition coefficient (Wildman–Crippen LogP) is 3.93. The van der Waals surface area contributed by atoms with Crippen LogP contribution in [0.4, 0.5) is 5.69 Å². The molecular formula is C21H25N3O3. The van der Waals surface area contributed by atoms with Crippen LogP contribution in [0.25, 0.3) is 5.65 Å². The van der Waals surface area contributed by atoms with Crippen LogP contribution >= 0.6 is 0 Å². The van der Waals surface area contributed by atoms with Crippen LogP contribution in [0.5, 0.6) is 11.5 Å². The fourth-order valence-electron chi connectivity index (χ4n) is 3.07. The maximum absolute atomic E-state index is 12.6. The van der Waals surface area contributed by atoms with Crippen molar-refractivity contribution in [2.75, 3.05) is 18.5 Å². The van der Waals surface area contributed by atoms with Crippen molar-refractivity contribution < 1.29 is 14.3 Å². The number of amides is 1. The van der Waals surface area contributed by atoms with Gasteiger partial charge in [0.25, 0.3) is 0 Å². The number of nitrogens with one attached hydrogen (secondary N) is 1. The summed E-state index contributed by atoms with van der Waals surface area (Å²) in [6.07, 6.45) is 2.18. The Morgan fingerprint density at radius 3 is 2.59 bits per heavy atom. The van der Waals surface area contributed by atoms with Gasteiger partial charge in [0.15, 0.2) is 11.5 Å². The number of hydrogen-bond donors (Lipinski definition) is 1. The highest BCUT2D eigenvalue weighted by atomic mass is 16.5. The van der Waals surface area contributed by atoms with Crippen molar-refractivity contribution in [1.29, 1.82) is 0 Å². The Morgan fingerprint density at radius 2 is 1.85 bits per heavy atom. The van der Waals surface area contributed by atoms with Gasteiger partial charge in [-0.05, 0) is 51.5 Å². The van der Waals surface area contributed by atoms with Crippen LogP contribution in [-0.2, 0) is 11.2 Å². The molecule has 2 aromatic heterocycles. The summed E-state index contributed by atoms with van der Waals surface area (Å²) in [7, 11) is 0. The van der Waals surface area contributed by atoms with Gasteiger partial charge in [-0.3, -0.25) is 4.79 Å². The second kappa shape index (κ2) is 8.12. The van der Waals surface area contributed by atoms with E-state index >= 15 is 0 Å². The second-order valence-electron chi connectivity index (χ2n) is 6.28. The van der Waals surface area contributed by atoms with Crippen molar-refractivity contribution in [3.63, 3.8) is 0 Å². The van der Waals surface area contributed by atoms with Crippen LogP contribution in [-0.4, -0.2) is 28.5 Å². The largest absolute Gasteiger partial charge is 0.490 e. The van der Waals surface area contributed by atoms with Crippen LogP contribution in [0.1, 0.15) is 30.8 Å². The van der Waals surface area contributed by atoms with Crippen molar-refractivity contribution in [3.8, 4) is 11.5 Å². The average molecular weight is 367 g/mol. The highest BCUT2D eigenvalue weighted by Gasteiger charge is 2.15. The molecule has 0 fully saturated rings. The van der Waals surface area contributed by atoms with Crippen molar-refractivity contribution in [2.24, 2.45) is 0 Å². The van der Waals surface area contributed by atoms with Gasteiger partial charge in [-0.1, -0.05) is 6.07 Å². The van der Waals surface area contributed by atoms with Crippen molar-refractivity contribution in [1.82, 2.24) is 9.38 Å². The van der Waals surface area contributed by atoms with E-state index in [0.29, 0.717) is 30.4 Å². The molecule has 0 aliphatic heterocycles. The molecule has 0 bridgehead atoms. The number of rotatable bonds is 7. The predicted molar refractivity (Wildman–Crippen MR) is 106 cm³/mol. The lowest BCUT2D eigenvalue weighted by Gasteiger charge is -2.13. The molecule has 0 aliphatic rings. The molecule has 1 aromatic carbocycles. The van der Waals surface area contributed by atoms with Crippen LogP contribution in [0, 0.1) is 13.8 Å². The van der Waals surface area contributed by atoms with Gasteiger partial charge in [-0.15, -0.1) is 0 Å². The van der Waals surface area contributed by atoms with E-state index in [1.54, 1.807) is 6.07 Å². The van der Waals surface area contributed by atoms with Crippen molar-refractivity contribution in [2.45, 2.75) is 34.1 Å². The molecule has 27 heavy (non-hydrogen) atoms. The third-order valence-electron chi connectivity index (χ3n) is 4.30.